The molecule has 0 bridgehead atoms. The standard InChI is InChI=1S/C16H27N5O2/c1-19(2)15(22)8-6-13-5-4-10-21(11-13)16(23)9-7-14-18-17-12-20(14)3/h12-13H,4-11H2,1-3H3. The normalized spacial score (nSPS) is 18.0. The highest BCUT2D eigenvalue weighted by Gasteiger charge is 2.24. The van der Waals surface area contributed by atoms with Gasteiger partial charge in [-0.1, -0.05) is 0 Å². The van der Waals surface area contributed by atoms with Gasteiger partial charge in [-0.3, -0.25) is 9.59 Å². The minimum absolute atomic E-state index is 0.163. The Morgan fingerprint density at radius 2 is 2.13 bits per heavy atom. The molecule has 2 rings (SSSR count). The number of likely N-dealkylation sites (tertiary alicyclic amines) is 1. The molecule has 0 aromatic carbocycles. The van der Waals surface area contributed by atoms with Gasteiger partial charge in [-0.05, 0) is 25.2 Å². The molecule has 1 aromatic rings. The van der Waals surface area contributed by atoms with Crippen molar-refractivity contribution in [3.05, 3.63) is 12.2 Å². The van der Waals surface area contributed by atoms with Crippen molar-refractivity contribution in [1.29, 1.82) is 0 Å². The van der Waals surface area contributed by atoms with Crippen molar-refractivity contribution in [2.75, 3.05) is 27.2 Å². The number of hydrogen-bond acceptors (Lipinski definition) is 4. The van der Waals surface area contributed by atoms with Crippen LogP contribution in [-0.4, -0.2) is 63.6 Å². The van der Waals surface area contributed by atoms with E-state index in [9.17, 15) is 9.59 Å². The van der Waals surface area contributed by atoms with Gasteiger partial charge in [0.1, 0.15) is 12.2 Å². The van der Waals surface area contributed by atoms with Gasteiger partial charge in [0.15, 0.2) is 0 Å². The van der Waals surface area contributed by atoms with Crippen LogP contribution in [-0.2, 0) is 23.1 Å². The first-order chi connectivity index (χ1) is 11.0. The highest BCUT2D eigenvalue weighted by Crippen LogP contribution is 2.22. The number of hydrogen-bond donors (Lipinski definition) is 0. The molecule has 7 nitrogen and oxygen atoms in total. The molecule has 1 unspecified atom stereocenters. The molecular formula is C16H27N5O2. The average Bonchev–Trinajstić information content (AvgIpc) is 2.95. The summed E-state index contributed by atoms with van der Waals surface area (Å²) < 4.78 is 1.85. The van der Waals surface area contributed by atoms with Gasteiger partial charge in [-0.25, -0.2) is 0 Å². The van der Waals surface area contributed by atoms with Crippen molar-refractivity contribution in [2.24, 2.45) is 13.0 Å². The van der Waals surface area contributed by atoms with Gasteiger partial charge >= 0.3 is 0 Å². The third-order valence-electron chi connectivity index (χ3n) is 4.50. The molecule has 1 aromatic heterocycles. The minimum Gasteiger partial charge on any atom is -0.349 e. The molecule has 2 amide bonds. The number of amides is 2. The van der Waals surface area contributed by atoms with Gasteiger partial charge < -0.3 is 14.4 Å². The van der Waals surface area contributed by atoms with Gasteiger partial charge in [0, 0.05) is 53.5 Å². The number of piperidine rings is 1. The second kappa shape index (κ2) is 8.08. The minimum atomic E-state index is 0.163. The molecule has 1 atom stereocenters. The summed E-state index contributed by atoms with van der Waals surface area (Å²) in [6, 6.07) is 0. The van der Waals surface area contributed by atoms with Crippen LogP contribution in [0.3, 0.4) is 0 Å². The quantitative estimate of drug-likeness (QED) is 0.779. The number of aromatic nitrogens is 3. The summed E-state index contributed by atoms with van der Waals surface area (Å²) in [5.41, 5.74) is 0. The number of carbonyl (C=O) groups is 2. The van der Waals surface area contributed by atoms with E-state index in [4.69, 9.17) is 0 Å². The van der Waals surface area contributed by atoms with Gasteiger partial charge in [-0.2, -0.15) is 0 Å². The van der Waals surface area contributed by atoms with E-state index in [1.165, 1.54) is 0 Å². The summed E-state index contributed by atoms with van der Waals surface area (Å²) in [6.07, 6.45) is 6.30. The lowest BCUT2D eigenvalue weighted by Crippen LogP contribution is -2.40. The Hall–Kier alpha value is -1.92. The fraction of sp³-hybridized carbons (Fsp3) is 0.750. The Kier molecular flexibility index (Phi) is 6.12. The first kappa shape index (κ1) is 17.4. The maximum atomic E-state index is 12.4. The van der Waals surface area contributed by atoms with E-state index >= 15 is 0 Å². The molecule has 2 heterocycles. The van der Waals surface area contributed by atoms with Gasteiger partial charge in [0.2, 0.25) is 11.8 Å². The van der Waals surface area contributed by atoms with Crippen molar-refractivity contribution >= 4 is 11.8 Å². The summed E-state index contributed by atoms with van der Waals surface area (Å²) in [5, 5.41) is 7.84. The Morgan fingerprint density at radius 1 is 1.35 bits per heavy atom. The third kappa shape index (κ3) is 5.04. The Labute approximate surface area is 137 Å². The molecule has 23 heavy (non-hydrogen) atoms. The van der Waals surface area contributed by atoms with Crippen molar-refractivity contribution in [2.45, 2.75) is 38.5 Å². The Morgan fingerprint density at radius 3 is 2.78 bits per heavy atom. The Bertz CT molecular complexity index is 540. The maximum Gasteiger partial charge on any atom is 0.223 e. The maximum absolute atomic E-state index is 12.4. The summed E-state index contributed by atoms with van der Waals surface area (Å²) >= 11 is 0. The summed E-state index contributed by atoms with van der Waals surface area (Å²) in [5.74, 6) is 1.61. The first-order valence-electron chi connectivity index (χ1n) is 8.28. The molecule has 0 aliphatic carbocycles. The van der Waals surface area contributed by atoms with E-state index in [0.717, 1.165) is 38.2 Å². The average molecular weight is 321 g/mol. The zero-order valence-electron chi connectivity index (χ0n) is 14.4. The molecule has 128 valence electrons. The number of nitrogens with zero attached hydrogens (tertiary/aromatic N) is 5. The Balaban J connectivity index is 1.77. The molecule has 0 spiro atoms. The SMILES string of the molecule is CN(C)C(=O)CCC1CCCN(C(=O)CCc2nncn2C)C1. The zero-order valence-corrected chi connectivity index (χ0v) is 14.4. The molecule has 1 aliphatic heterocycles. The van der Waals surface area contributed by atoms with Crippen molar-refractivity contribution in [1.82, 2.24) is 24.6 Å². The second-order valence-electron chi connectivity index (χ2n) is 6.53. The van der Waals surface area contributed by atoms with Crippen LogP contribution in [0.1, 0.15) is 37.9 Å². The predicted octanol–water partition coefficient (Wildman–Crippen LogP) is 0.855. The van der Waals surface area contributed by atoms with Crippen LogP contribution in [0.25, 0.3) is 0 Å². The van der Waals surface area contributed by atoms with Crippen LogP contribution in [0.2, 0.25) is 0 Å². The van der Waals surface area contributed by atoms with Gasteiger partial charge in [-0.15, -0.1) is 10.2 Å². The van der Waals surface area contributed by atoms with E-state index in [-0.39, 0.29) is 11.8 Å². The van der Waals surface area contributed by atoms with E-state index in [1.54, 1.807) is 25.3 Å². The molecule has 0 N–H and O–H groups in total. The van der Waals surface area contributed by atoms with Gasteiger partial charge in [0.25, 0.3) is 0 Å². The van der Waals surface area contributed by atoms with E-state index in [2.05, 4.69) is 10.2 Å². The van der Waals surface area contributed by atoms with Crippen LogP contribution in [0.15, 0.2) is 6.33 Å². The van der Waals surface area contributed by atoms with Crippen LogP contribution < -0.4 is 0 Å². The number of aryl methyl sites for hydroxylation is 2. The molecule has 1 saturated heterocycles. The molecule has 7 heteroatoms. The highest BCUT2D eigenvalue weighted by molar-refractivity contribution is 5.76. The van der Waals surface area contributed by atoms with Crippen LogP contribution in [0.5, 0.6) is 0 Å². The van der Waals surface area contributed by atoms with Crippen LogP contribution in [0.4, 0.5) is 0 Å². The lowest BCUT2D eigenvalue weighted by molar-refractivity contribution is -0.133. The van der Waals surface area contributed by atoms with Crippen molar-refractivity contribution in [3.63, 3.8) is 0 Å². The van der Waals surface area contributed by atoms with Crippen molar-refractivity contribution < 1.29 is 9.59 Å². The summed E-state index contributed by atoms with van der Waals surface area (Å²) in [6.45, 7) is 1.61. The molecule has 1 aliphatic rings. The summed E-state index contributed by atoms with van der Waals surface area (Å²) in [4.78, 5) is 27.7. The first-order valence-corrected chi connectivity index (χ1v) is 8.28. The topological polar surface area (TPSA) is 71.3 Å². The summed E-state index contributed by atoms with van der Waals surface area (Å²) in [7, 11) is 5.45. The molecule has 0 radical (unpaired) electrons. The number of carbonyl (C=O) groups excluding carboxylic acids is 2. The monoisotopic (exact) mass is 321 g/mol. The second-order valence-corrected chi connectivity index (χ2v) is 6.53. The van der Waals surface area contributed by atoms with E-state index in [0.29, 0.717) is 25.2 Å². The third-order valence-corrected chi connectivity index (χ3v) is 4.50. The van der Waals surface area contributed by atoms with E-state index < -0.39 is 0 Å². The lowest BCUT2D eigenvalue weighted by Gasteiger charge is -2.33. The fourth-order valence-corrected chi connectivity index (χ4v) is 2.99. The lowest BCUT2D eigenvalue weighted by atomic mass is 9.93. The van der Waals surface area contributed by atoms with Crippen LogP contribution in [0, 0.1) is 5.92 Å². The van der Waals surface area contributed by atoms with E-state index in [1.807, 2.05) is 16.5 Å². The van der Waals surface area contributed by atoms with Gasteiger partial charge in [0.05, 0.1) is 0 Å². The number of rotatable bonds is 6. The molecule has 1 fully saturated rings. The molecule has 0 saturated carbocycles. The van der Waals surface area contributed by atoms with Crippen molar-refractivity contribution in [3.8, 4) is 0 Å². The zero-order chi connectivity index (χ0) is 16.8. The fourth-order valence-electron chi connectivity index (χ4n) is 2.99. The smallest absolute Gasteiger partial charge is 0.223 e. The highest BCUT2D eigenvalue weighted by atomic mass is 16.2. The largest absolute Gasteiger partial charge is 0.349 e. The van der Waals surface area contributed by atoms with Crippen LogP contribution >= 0.6 is 0 Å². The molecular weight excluding hydrogens is 294 g/mol. The predicted molar refractivity (Wildman–Crippen MR) is 86.6 cm³/mol.